The lowest BCUT2D eigenvalue weighted by molar-refractivity contribution is -0.163. The number of amides is 2. The zero-order chi connectivity index (χ0) is 22.0. The molecule has 0 aliphatic heterocycles. The number of esters is 3. The summed E-state index contributed by atoms with van der Waals surface area (Å²) in [6, 6.07) is 6.87. The van der Waals surface area contributed by atoms with Crippen LogP contribution in [0.4, 0.5) is 0 Å². The minimum Gasteiger partial charge on any atom is -0.468 e. The third kappa shape index (κ3) is 6.59. The molecule has 0 saturated carbocycles. The number of methoxy groups -OCH3 is 3. The molecular formula is C19H24N2O8. The fraction of sp³-hybridized carbons (Fsp3) is 0.421. The van der Waals surface area contributed by atoms with Gasteiger partial charge in [-0.05, 0) is 12.1 Å². The zero-order valence-electron chi connectivity index (χ0n) is 16.6. The van der Waals surface area contributed by atoms with Crippen molar-refractivity contribution in [1.82, 2.24) is 10.6 Å². The molecule has 0 bridgehead atoms. The Kier molecular flexibility index (Phi) is 9.30. The summed E-state index contributed by atoms with van der Waals surface area (Å²) in [5.74, 6) is -6.44. The van der Waals surface area contributed by atoms with Crippen molar-refractivity contribution in [2.75, 3.05) is 27.9 Å². The van der Waals surface area contributed by atoms with E-state index in [-0.39, 0.29) is 0 Å². The molecule has 0 fully saturated rings. The number of hydrogen-bond acceptors (Lipinski definition) is 8. The molecule has 29 heavy (non-hydrogen) atoms. The highest BCUT2D eigenvalue weighted by Gasteiger charge is 2.42. The van der Waals surface area contributed by atoms with E-state index in [9.17, 15) is 24.0 Å². The van der Waals surface area contributed by atoms with Gasteiger partial charge >= 0.3 is 17.9 Å². The largest absolute Gasteiger partial charge is 0.468 e. The quantitative estimate of drug-likeness (QED) is 0.322. The second kappa shape index (κ2) is 11.4. The highest BCUT2D eigenvalue weighted by Crippen LogP contribution is 2.20. The van der Waals surface area contributed by atoms with Crippen LogP contribution in [0.15, 0.2) is 30.3 Å². The summed E-state index contributed by atoms with van der Waals surface area (Å²) < 4.78 is 13.8. The van der Waals surface area contributed by atoms with E-state index in [1.807, 2.05) is 0 Å². The van der Waals surface area contributed by atoms with Gasteiger partial charge in [0.1, 0.15) is 6.04 Å². The van der Waals surface area contributed by atoms with Crippen molar-refractivity contribution in [3.8, 4) is 0 Å². The Labute approximate surface area is 167 Å². The van der Waals surface area contributed by atoms with Crippen LogP contribution in [0.25, 0.3) is 0 Å². The highest BCUT2D eigenvalue weighted by molar-refractivity contribution is 5.98. The van der Waals surface area contributed by atoms with Gasteiger partial charge in [-0.2, -0.15) is 0 Å². The zero-order valence-corrected chi connectivity index (χ0v) is 16.6. The van der Waals surface area contributed by atoms with E-state index >= 15 is 0 Å². The lowest BCUT2D eigenvalue weighted by atomic mass is 9.87. The Hall–Kier alpha value is -3.43. The molecule has 1 rings (SSSR count). The van der Waals surface area contributed by atoms with E-state index in [2.05, 4.69) is 24.8 Å². The molecule has 0 aromatic heterocycles. The van der Waals surface area contributed by atoms with Crippen molar-refractivity contribution in [2.45, 2.75) is 13.0 Å². The Morgan fingerprint density at radius 1 is 0.862 bits per heavy atom. The molecule has 2 amide bonds. The first-order valence-electron chi connectivity index (χ1n) is 8.62. The molecule has 0 saturated heterocycles. The van der Waals surface area contributed by atoms with Crippen molar-refractivity contribution >= 4 is 29.7 Å². The molecule has 0 radical (unpaired) electrons. The molecule has 10 heteroatoms. The molecule has 0 spiro atoms. The van der Waals surface area contributed by atoms with Gasteiger partial charge in [-0.3, -0.25) is 19.2 Å². The SMILES string of the molecule is COC(=O)C(C(=O)OC)[C@H](C)[C@H](NC(=O)CNC(=O)c1ccccc1)C(=O)OC. The van der Waals surface area contributed by atoms with Crippen molar-refractivity contribution in [3.05, 3.63) is 35.9 Å². The molecule has 1 aromatic carbocycles. The van der Waals surface area contributed by atoms with Crippen molar-refractivity contribution < 1.29 is 38.2 Å². The van der Waals surface area contributed by atoms with E-state index in [0.29, 0.717) is 5.56 Å². The molecule has 10 nitrogen and oxygen atoms in total. The summed E-state index contributed by atoms with van der Waals surface area (Å²) in [7, 11) is 3.25. The predicted octanol–water partition coefficient (Wildman–Crippen LogP) is -0.327. The molecule has 0 aliphatic rings. The van der Waals surface area contributed by atoms with Crippen LogP contribution in [0.2, 0.25) is 0 Å². The van der Waals surface area contributed by atoms with Crippen molar-refractivity contribution in [1.29, 1.82) is 0 Å². The first kappa shape index (κ1) is 23.6. The van der Waals surface area contributed by atoms with Crippen molar-refractivity contribution in [2.24, 2.45) is 11.8 Å². The maximum atomic E-state index is 12.2. The monoisotopic (exact) mass is 408 g/mol. The van der Waals surface area contributed by atoms with Crippen LogP contribution in [-0.4, -0.2) is 63.6 Å². The third-order valence-electron chi connectivity index (χ3n) is 4.18. The number of nitrogens with one attached hydrogen (secondary N) is 2. The summed E-state index contributed by atoms with van der Waals surface area (Å²) in [6.45, 7) is 0.956. The Bertz CT molecular complexity index is 734. The highest BCUT2D eigenvalue weighted by atomic mass is 16.5. The van der Waals surface area contributed by atoms with E-state index in [1.54, 1.807) is 30.3 Å². The van der Waals surface area contributed by atoms with Gasteiger partial charge in [0.25, 0.3) is 5.91 Å². The first-order valence-corrected chi connectivity index (χ1v) is 8.62. The van der Waals surface area contributed by atoms with Gasteiger partial charge in [0.15, 0.2) is 5.92 Å². The Balaban J connectivity index is 2.87. The van der Waals surface area contributed by atoms with E-state index < -0.39 is 54.1 Å². The third-order valence-corrected chi connectivity index (χ3v) is 4.18. The van der Waals surface area contributed by atoms with Gasteiger partial charge in [0, 0.05) is 11.5 Å². The smallest absolute Gasteiger partial charge is 0.328 e. The number of carbonyl (C=O) groups excluding carboxylic acids is 5. The van der Waals surface area contributed by atoms with Gasteiger partial charge in [-0.25, -0.2) is 4.79 Å². The van der Waals surface area contributed by atoms with E-state index in [1.165, 1.54) is 6.92 Å². The molecule has 0 heterocycles. The molecule has 1 aromatic rings. The van der Waals surface area contributed by atoms with Crippen LogP contribution in [0, 0.1) is 11.8 Å². The lowest BCUT2D eigenvalue weighted by Gasteiger charge is -2.27. The molecule has 158 valence electrons. The Morgan fingerprint density at radius 3 is 1.86 bits per heavy atom. The summed E-state index contributed by atoms with van der Waals surface area (Å²) in [5.41, 5.74) is 0.356. The number of benzene rings is 1. The van der Waals surface area contributed by atoms with Crippen LogP contribution in [-0.2, 0) is 33.4 Å². The summed E-state index contributed by atoms with van der Waals surface area (Å²) in [4.78, 5) is 60.4. The van der Waals surface area contributed by atoms with E-state index in [0.717, 1.165) is 21.3 Å². The van der Waals surface area contributed by atoms with Gasteiger partial charge in [-0.15, -0.1) is 0 Å². The van der Waals surface area contributed by atoms with Crippen LogP contribution in [0.5, 0.6) is 0 Å². The number of carbonyl (C=O) groups is 5. The fourth-order valence-electron chi connectivity index (χ4n) is 2.58. The maximum absolute atomic E-state index is 12.2. The van der Waals surface area contributed by atoms with Gasteiger partial charge < -0.3 is 24.8 Å². The van der Waals surface area contributed by atoms with Gasteiger partial charge in [-0.1, -0.05) is 25.1 Å². The topological polar surface area (TPSA) is 137 Å². The molecule has 2 N–H and O–H groups in total. The minimum absolute atomic E-state index is 0.356. The lowest BCUT2D eigenvalue weighted by Crippen LogP contribution is -2.52. The maximum Gasteiger partial charge on any atom is 0.328 e. The van der Waals surface area contributed by atoms with Crippen LogP contribution in [0.3, 0.4) is 0 Å². The van der Waals surface area contributed by atoms with Gasteiger partial charge in [0.2, 0.25) is 5.91 Å². The number of rotatable bonds is 9. The summed E-state index contributed by atoms with van der Waals surface area (Å²) >= 11 is 0. The Morgan fingerprint density at radius 2 is 1.38 bits per heavy atom. The fourth-order valence-corrected chi connectivity index (χ4v) is 2.58. The average Bonchev–Trinajstić information content (AvgIpc) is 2.75. The molecular weight excluding hydrogens is 384 g/mol. The summed E-state index contributed by atoms with van der Waals surface area (Å²) in [6.07, 6.45) is 0. The molecule has 2 atom stereocenters. The van der Waals surface area contributed by atoms with E-state index in [4.69, 9.17) is 0 Å². The second-order valence-corrected chi connectivity index (χ2v) is 6.00. The number of hydrogen-bond donors (Lipinski definition) is 2. The first-order chi connectivity index (χ1) is 13.8. The molecule has 0 unspecified atom stereocenters. The summed E-state index contributed by atoms with van der Waals surface area (Å²) in [5, 5.41) is 4.78. The normalized spacial score (nSPS) is 12.3. The van der Waals surface area contributed by atoms with Crippen molar-refractivity contribution in [3.63, 3.8) is 0 Å². The second-order valence-electron chi connectivity index (χ2n) is 6.00. The molecule has 0 aliphatic carbocycles. The minimum atomic E-state index is -1.46. The standard InChI is InChI=1S/C19H24N2O8/c1-11(14(17(24)27-2)18(25)28-3)15(19(26)29-4)21-13(22)10-20-16(23)12-8-6-5-7-9-12/h5-9,11,14-15H,10H2,1-4H3,(H,20,23)(H,21,22)/t11-,15-/m0/s1. The predicted molar refractivity (Wildman–Crippen MR) is 99.4 cm³/mol. The average molecular weight is 408 g/mol. The van der Waals surface area contributed by atoms with Crippen LogP contribution >= 0.6 is 0 Å². The van der Waals surface area contributed by atoms with Crippen LogP contribution in [0.1, 0.15) is 17.3 Å². The van der Waals surface area contributed by atoms with Crippen LogP contribution < -0.4 is 10.6 Å². The number of ether oxygens (including phenoxy) is 3. The van der Waals surface area contributed by atoms with Gasteiger partial charge in [0.05, 0.1) is 27.9 Å².